The second kappa shape index (κ2) is 7.16. The highest BCUT2D eigenvalue weighted by atomic mass is 19.1. The summed E-state index contributed by atoms with van der Waals surface area (Å²) in [6.45, 7) is 0.698. The Morgan fingerprint density at radius 1 is 1.24 bits per heavy atom. The van der Waals surface area contributed by atoms with Crippen molar-refractivity contribution in [3.8, 4) is 5.88 Å². The van der Waals surface area contributed by atoms with E-state index < -0.39 is 6.03 Å². The number of rotatable bonds is 3. The Morgan fingerprint density at radius 2 is 2.00 bits per heavy atom. The zero-order chi connectivity index (χ0) is 17.8. The monoisotopic (exact) mass is 344 g/mol. The number of pyridine rings is 1. The fraction of sp³-hybridized carbons (Fsp3) is 0.235. The number of halogens is 1. The molecule has 1 aliphatic rings. The molecule has 0 radical (unpaired) electrons. The van der Waals surface area contributed by atoms with Crippen molar-refractivity contribution >= 4 is 23.3 Å². The third-order valence-corrected chi connectivity index (χ3v) is 3.84. The number of piperazine rings is 1. The molecule has 2 heterocycles. The Labute approximate surface area is 144 Å². The summed E-state index contributed by atoms with van der Waals surface area (Å²) in [5.41, 5.74) is 1.15. The molecule has 0 spiro atoms. The van der Waals surface area contributed by atoms with Crippen LogP contribution in [0.3, 0.4) is 0 Å². The summed E-state index contributed by atoms with van der Waals surface area (Å²) in [7, 11) is 1.51. The quantitative estimate of drug-likeness (QED) is 0.925. The minimum atomic E-state index is -0.396. The minimum absolute atomic E-state index is 0.0440. The van der Waals surface area contributed by atoms with Gasteiger partial charge in [0.25, 0.3) is 0 Å². The van der Waals surface area contributed by atoms with Crippen molar-refractivity contribution in [2.24, 2.45) is 0 Å². The fourth-order valence-electron chi connectivity index (χ4n) is 2.53. The molecule has 1 aromatic heterocycles. The molecule has 0 aliphatic carbocycles. The molecule has 0 bridgehead atoms. The molecule has 1 aromatic carbocycles. The summed E-state index contributed by atoms with van der Waals surface area (Å²) in [5.74, 6) is -0.162. The van der Waals surface area contributed by atoms with Crippen LogP contribution in [0.2, 0.25) is 0 Å². The Morgan fingerprint density at radius 3 is 2.68 bits per heavy atom. The Hall–Kier alpha value is -3.16. The van der Waals surface area contributed by atoms with Crippen molar-refractivity contribution < 1.29 is 18.7 Å². The molecule has 7 nitrogen and oxygen atoms in total. The van der Waals surface area contributed by atoms with Crippen molar-refractivity contribution in [1.29, 1.82) is 0 Å². The molecule has 1 saturated heterocycles. The molecule has 0 atom stereocenters. The normalized spacial score (nSPS) is 14.4. The first-order chi connectivity index (χ1) is 12.1. The Balaban J connectivity index is 1.63. The van der Waals surface area contributed by atoms with E-state index in [0.717, 1.165) is 0 Å². The lowest BCUT2D eigenvalue weighted by molar-refractivity contribution is -0.120. The number of amides is 3. The summed E-state index contributed by atoms with van der Waals surface area (Å²) in [5, 5.41) is 2.65. The zero-order valence-corrected chi connectivity index (χ0v) is 13.6. The van der Waals surface area contributed by atoms with Gasteiger partial charge in [-0.2, -0.15) is 0 Å². The number of nitrogens with one attached hydrogen (secondary N) is 1. The zero-order valence-electron chi connectivity index (χ0n) is 13.6. The standard InChI is InChI=1S/C17H17FN4O3/c1-25-15-10-14(6-7-19-15)22-9-8-21(11-16(22)23)17(24)20-13-4-2-12(18)3-5-13/h2-7,10H,8-9,11H2,1H3,(H,20,24). The van der Waals surface area contributed by atoms with Crippen LogP contribution in [0.4, 0.5) is 20.6 Å². The molecule has 1 fully saturated rings. The van der Waals surface area contributed by atoms with E-state index in [2.05, 4.69) is 10.3 Å². The van der Waals surface area contributed by atoms with Crippen molar-refractivity contribution in [3.05, 3.63) is 48.4 Å². The van der Waals surface area contributed by atoms with E-state index in [9.17, 15) is 14.0 Å². The van der Waals surface area contributed by atoms with E-state index in [0.29, 0.717) is 30.3 Å². The van der Waals surface area contributed by atoms with Crippen LogP contribution in [-0.2, 0) is 4.79 Å². The van der Waals surface area contributed by atoms with Crippen LogP contribution in [0.25, 0.3) is 0 Å². The van der Waals surface area contributed by atoms with Gasteiger partial charge >= 0.3 is 6.03 Å². The molecule has 3 amide bonds. The van der Waals surface area contributed by atoms with Gasteiger partial charge in [0.15, 0.2) is 0 Å². The van der Waals surface area contributed by atoms with Gasteiger partial charge in [-0.1, -0.05) is 0 Å². The third kappa shape index (κ3) is 3.85. The summed E-state index contributed by atoms with van der Waals surface area (Å²) in [4.78, 5) is 31.7. The number of anilines is 2. The van der Waals surface area contributed by atoms with Crippen LogP contribution in [0, 0.1) is 5.82 Å². The van der Waals surface area contributed by atoms with E-state index in [1.165, 1.54) is 36.3 Å². The number of carbonyl (C=O) groups excluding carboxylic acids is 2. The highest BCUT2D eigenvalue weighted by Crippen LogP contribution is 2.21. The average Bonchev–Trinajstić information content (AvgIpc) is 2.63. The molecule has 3 rings (SSSR count). The summed E-state index contributed by atoms with van der Waals surface area (Å²) in [6, 6.07) is 8.45. The van der Waals surface area contributed by atoms with E-state index in [4.69, 9.17) is 4.74 Å². The summed E-state index contributed by atoms with van der Waals surface area (Å²) >= 11 is 0. The SMILES string of the molecule is COc1cc(N2CCN(C(=O)Nc3ccc(F)cc3)CC2=O)ccn1. The predicted octanol–water partition coefficient (Wildman–Crippen LogP) is 2.11. The van der Waals surface area contributed by atoms with E-state index in [1.54, 1.807) is 23.2 Å². The number of benzene rings is 1. The largest absolute Gasteiger partial charge is 0.481 e. The van der Waals surface area contributed by atoms with Crippen molar-refractivity contribution in [2.75, 3.05) is 37.0 Å². The molecule has 0 unspecified atom stereocenters. The predicted molar refractivity (Wildman–Crippen MR) is 90.1 cm³/mol. The molecular formula is C17H17FN4O3. The first-order valence-corrected chi connectivity index (χ1v) is 7.69. The van der Waals surface area contributed by atoms with Crippen LogP contribution < -0.4 is 15.0 Å². The Bertz CT molecular complexity index is 782. The fourth-order valence-corrected chi connectivity index (χ4v) is 2.53. The van der Waals surface area contributed by atoms with Crippen LogP contribution in [0.1, 0.15) is 0 Å². The number of hydrogen-bond acceptors (Lipinski definition) is 4. The second-order valence-electron chi connectivity index (χ2n) is 5.46. The highest BCUT2D eigenvalue weighted by Gasteiger charge is 2.28. The number of carbonyl (C=O) groups is 2. The van der Waals surface area contributed by atoms with Crippen LogP contribution in [-0.4, -0.2) is 48.6 Å². The van der Waals surface area contributed by atoms with Crippen molar-refractivity contribution in [2.45, 2.75) is 0 Å². The van der Waals surface area contributed by atoms with E-state index in [1.807, 2.05) is 0 Å². The van der Waals surface area contributed by atoms with Crippen LogP contribution >= 0.6 is 0 Å². The number of methoxy groups -OCH3 is 1. The molecule has 2 aromatic rings. The lowest BCUT2D eigenvalue weighted by atomic mass is 10.2. The van der Waals surface area contributed by atoms with E-state index >= 15 is 0 Å². The summed E-state index contributed by atoms with van der Waals surface area (Å²) < 4.78 is 18.0. The molecule has 8 heteroatoms. The van der Waals surface area contributed by atoms with Crippen molar-refractivity contribution in [3.63, 3.8) is 0 Å². The number of aromatic nitrogens is 1. The molecule has 0 saturated carbocycles. The lowest BCUT2D eigenvalue weighted by Crippen LogP contribution is -2.53. The van der Waals surface area contributed by atoms with Crippen LogP contribution in [0.15, 0.2) is 42.6 Å². The molecule has 130 valence electrons. The van der Waals surface area contributed by atoms with Gasteiger partial charge in [-0.3, -0.25) is 4.79 Å². The first kappa shape index (κ1) is 16.7. The molecule has 1 aliphatic heterocycles. The van der Waals surface area contributed by atoms with Gasteiger partial charge in [-0.05, 0) is 30.3 Å². The third-order valence-electron chi connectivity index (χ3n) is 3.84. The number of ether oxygens (including phenoxy) is 1. The van der Waals surface area contributed by atoms with Gasteiger partial charge < -0.3 is 19.9 Å². The number of urea groups is 1. The topological polar surface area (TPSA) is 74.8 Å². The van der Waals surface area contributed by atoms with Crippen molar-refractivity contribution in [1.82, 2.24) is 9.88 Å². The van der Waals surface area contributed by atoms with Gasteiger partial charge in [-0.15, -0.1) is 0 Å². The minimum Gasteiger partial charge on any atom is -0.481 e. The first-order valence-electron chi connectivity index (χ1n) is 7.69. The lowest BCUT2D eigenvalue weighted by Gasteiger charge is -2.34. The van der Waals surface area contributed by atoms with Gasteiger partial charge in [0.1, 0.15) is 12.4 Å². The molecule has 1 N–H and O–H groups in total. The average molecular weight is 344 g/mol. The number of hydrogen-bond donors (Lipinski definition) is 1. The van der Waals surface area contributed by atoms with Gasteiger partial charge in [0.2, 0.25) is 11.8 Å². The second-order valence-corrected chi connectivity index (χ2v) is 5.46. The highest BCUT2D eigenvalue weighted by molar-refractivity contribution is 5.99. The summed E-state index contributed by atoms with van der Waals surface area (Å²) in [6.07, 6.45) is 1.56. The maximum absolute atomic E-state index is 12.9. The van der Waals surface area contributed by atoms with E-state index in [-0.39, 0.29) is 18.3 Å². The van der Waals surface area contributed by atoms with Gasteiger partial charge in [0, 0.05) is 31.0 Å². The van der Waals surface area contributed by atoms with Crippen LogP contribution in [0.5, 0.6) is 5.88 Å². The molecular weight excluding hydrogens is 327 g/mol. The number of nitrogens with zero attached hydrogens (tertiary/aromatic N) is 3. The van der Waals surface area contributed by atoms with Gasteiger partial charge in [0.05, 0.1) is 12.8 Å². The maximum Gasteiger partial charge on any atom is 0.322 e. The van der Waals surface area contributed by atoms with Gasteiger partial charge in [-0.25, -0.2) is 14.2 Å². The Kier molecular flexibility index (Phi) is 4.78. The molecule has 25 heavy (non-hydrogen) atoms. The smallest absolute Gasteiger partial charge is 0.322 e. The maximum atomic E-state index is 12.9.